The van der Waals surface area contributed by atoms with E-state index in [4.69, 9.17) is 10.1 Å². The van der Waals surface area contributed by atoms with Gasteiger partial charge in [0.05, 0.1) is 13.2 Å². The minimum atomic E-state index is 0.0714. The van der Waals surface area contributed by atoms with Gasteiger partial charge in [0, 0.05) is 39.5 Å². The fourth-order valence-corrected chi connectivity index (χ4v) is 4.19. The summed E-state index contributed by atoms with van der Waals surface area (Å²) in [7, 11) is 5.76. The van der Waals surface area contributed by atoms with Crippen LogP contribution in [-0.2, 0) is 13.0 Å². The SMILES string of the molecule is CN1CCC(Cc2nc(C3CCN(C(=O)N(C)C)CC3)n(CCO)n2)CC1. The normalized spacial score (nSPS) is 20.2. The van der Waals surface area contributed by atoms with Crippen LogP contribution in [0.2, 0.25) is 0 Å². The Kier molecular flexibility index (Phi) is 6.70. The molecule has 152 valence electrons. The summed E-state index contributed by atoms with van der Waals surface area (Å²) in [5, 5.41) is 14.1. The maximum absolute atomic E-state index is 12.1. The van der Waals surface area contributed by atoms with E-state index in [2.05, 4.69) is 11.9 Å². The highest BCUT2D eigenvalue weighted by Crippen LogP contribution is 2.28. The fraction of sp³-hybridized carbons (Fsp3) is 0.842. The maximum Gasteiger partial charge on any atom is 0.319 e. The average Bonchev–Trinajstić information content (AvgIpc) is 3.06. The van der Waals surface area contributed by atoms with E-state index in [9.17, 15) is 9.90 Å². The summed E-state index contributed by atoms with van der Waals surface area (Å²) in [5.41, 5.74) is 0. The molecule has 1 aromatic heterocycles. The molecule has 1 N–H and O–H groups in total. The second kappa shape index (κ2) is 9.01. The zero-order chi connectivity index (χ0) is 19.4. The van der Waals surface area contributed by atoms with E-state index in [1.165, 1.54) is 12.8 Å². The van der Waals surface area contributed by atoms with E-state index in [0.29, 0.717) is 18.4 Å². The molecule has 0 radical (unpaired) electrons. The lowest BCUT2D eigenvalue weighted by atomic mass is 9.93. The number of aliphatic hydroxyl groups is 1. The van der Waals surface area contributed by atoms with Crippen LogP contribution in [0.4, 0.5) is 4.79 Å². The van der Waals surface area contributed by atoms with Crippen LogP contribution in [0.25, 0.3) is 0 Å². The van der Waals surface area contributed by atoms with Gasteiger partial charge >= 0.3 is 6.03 Å². The van der Waals surface area contributed by atoms with Crippen molar-refractivity contribution in [3.05, 3.63) is 11.6 Å². The van der Waals surface area contributed by atoms with Crippen LogP contribution in [0.1, 0.15) is 43.3 Å². The number of piperidine rings is 2. The van der Waals surface area contributed by atoms with Gasteiger partial charge in [-0.2, -0.15) is 5.10 Å². The summed E-state index contributed by atoms with van der Waals surface area (Å²) < 4.78 is 1.90. The smallest absolute Gasteiger partial charge is 0.319 e. The number of aromatic nitrogens is 3. The monoisotopic (exact) mass is 378 g/mol. The van der Waals surface area contributed by atoms with Crippen LogP contribution in [0, 0.1) is 5.92 Å². The van der Waals surface area contributed by atoms with Gasteiger partial charge in [0.25, 0.3) is 0 Å². The largest absolute Gasteiger partial charge is 0.394 e. The number of hydrogen-bond acceptors (Lipinski definition) is 5. The second-order valence-electron chi connectivity index (χ2n) is 8.22. The lowest BCUT2D eigenvalue weighted by Gasteiger charge is -2.33. The lowest BCUT2D eigenvalue weighted by molar-refractivity contribution is 0.154. The van der Waals surface area contributed by atoms with Crippen LogP contribution in [0.3, 0.4) is 0 Å². The lowest BCUT2D eigenvalue weighted by Crippen LogP contribution is -2.43. The molecule has 0 spiro atoms. The van der Waals surface area contributed by atoms with E-state index >= 15 is 0 Å². The van der Waals surface area contributed by atoms with Gasteiger partial charge in [0.15, 0.2) is 5.82 Å². The number of nitrogens with zero attached hydrogens (tertiary/aromatic N) is 6. The molecule has 0 aromatic carbocycles. The van der Waals surface area contributed by atoms with Crippen molar-refractivity contribution in [3.8, 4) is 0 Å². The third kappa shape index (κ3) is 4.99. The Balaban J connectivity index is 1.64. The van der Waals surface area contributed by atoms with E-state index in [-0.39, 0.29) is 12.6 Å². The van der Waals surface area contributed by atoms with Crippen molar-refractivity contribution in [1.82, 2.24) is 29.5 Å². The second-order valence-corrected chi connectivity index (χ2v) is 8.22. The number of amides is 2. The Morgan fingerprint density at radius 1 is 1.15 bits per heavy atom. The fourth-order valence-electron chi connectivity index (χ4n) is 4.19. The molecule has 2 aliphatic heterocycles. The van der Waals surface area contributed by atoms with Gasteiger partial charge in [0.2, 0.25) is 0 Å². The zero-order valence-corrected chi connectivity index (χ0v) is 17.0. The molecule has 0 aliphatic carbocycles. The van der Waals surface area contributed by atoms with Crippen LogP contribution in [0.5, 0.6) is 0 Å². The number of rotatable bonds is 5. The first-order chi connectivity index (χ1) is 13.0. The first kappa shape index (κ1) is 20.1. The van der Waals surface area contributed by atoms with Gasteiger partial charge < -0.3 is 19.8 Å². The van der Waals surface area contributed by atoms with Crippen molar-refractivity contribution in [1.29, 1.82) is 0 Å². The van der Waals surface area contributed by atoms with Crippen molar-refractivity contribution < 1.29 is 9.90 Å². The molecule has 0 atom stereocenters. The standard InChI is InChI=1S/C19H34N6O2/c1-22(2)19(27)24-10-6-16(7-11-24)18-20-17(21-25(18)12-13-26)14-15-4-8-23(3)9-5-15/h15-16,26H,4-14H2,1-3H3. The van der Waals surface area contributed by atoms with Gasteiger partial charge in [0.1, 0.15) is 5.82 Å². The van der Waals surface area contributed by atoms with Crippen molar-refractivity contribution >= 4 is 6.03 Å². The molecule has 0 unspecified atom stereocenters. The molecule has 3 rings (SSSR count). The van der Waals surface area contributed by atoms with Crippen LogP contribution in [0.15, 0.2) is 0 Å². The van der Waals surface area contributed by atoms with E-state index in [0.717, 1.165) is 57.1 Å². The Morgan fingerprint density at radius 3 is 2.41 bits per heavy atom. The minimum absolute atomic E-state index is 0.0714. The van der Waals surface area contributed by atoms with Crippen molar-refractivity contribution in [2.75, 3.05) is 53.9 Å². The molecule has 0 bridgehead atoms. The molecular weight excluding hydrogens is 344 g/mol. The van der Waals surface area contributed by atoms with E-state index in [1.54, 1.807) is 19.0 Å². The maximum atomic E-state index is 12.1. The number of carbonyl (C=O) groups is 1. The first-order valence-corrected chi connectivity index (χ1v) is 10.2. The van der Waals surface area contributed by atoms with Crippen LogP contribution >= 0.6 is 0 Å². The molecule has 2 saturated heterocycles. The molecule has 3 heterocycles. The van der Waals surface area contributed by atoms with E-state index in [1.807, 2.05) is 9.58 Å². The Hall–Kier alpha value is -1.67. The highest BCUT2D eigenvalue weighted by atomic mass is 16.3. The number of hydrogen-bond donors (Lipinski definition) is 1. The Bertz CT molecular complexity index is 616. The van der Waals surface area contributed by atoms with Gasteiger partial charge in [-0.3, -0.25) is 0 Å². The van der Waals surface area contributed by atoms with Gasteiger partial charge in [-0.05, 0) is 51.7 Å². The molecule has 2 aliphatic rings. The third-order valence-corrected chi connectivity index (χ3v) is 5.88. The zero-order valence-electron chi connectivity index (χ0n) is 17.0. The summed E-state index contributed by atoms with van der Waals surface area (Å²) >= 11 is 0. The summed E-state index contributed by atoms with van der Waals surface area (Å²) in [4.78, 5) is 22.9. The molecular formula is C19H34N6O2. The summed E-state index contributed by atoms with van der Waals surface area (Å²) in [6, 6.07) is 0.0771. The van der Waals surface area contributed by atoms with Gasteiger partial charge in [-0.1, -0.05) is 0 Å². The van der Waals surface area contributed by atoms with Gasteiger partial charge in [-0.15, -0.1) is 0 Å². The molecule has 8 heteroatoms. The highest BCUT2D eigenvalue weighted by Gasteiger charge is 2.29. The summed E-state index contributed by atoms with van der Waals surface area (Å²) in [6.07, 6.45) is 5.13. The number of urea groups is 1. The topological polar surface area (TPSA) is 77.7 Å². The Labute approximate surface area is 162 Å². The Morgan fingerprint density at radius 2 is 1.81 bits per heavy atom. The predicted octanol–water partition coefficient (Wildman–Crippen LogP) is 1.02. The van der Waals surface area contributed by atoms with Crippen molar-refractivity contribution in [2.45, 2.75) is 44.6 Å². The molecule has 1 aromatic rings. The van der Waals surface area contributed by atoms with Crippen LogP contribution < -0.4 is 0 Å². The first-order valence-electron chi connectivity index (χ1n) is 10.2. The molecule has 2 fully saturated rings. The minimum Gasteiger partial charge on any atom is -0.394 e. The predicted molar refractivity (Wildman–Crippen MR) is 104 cm³/mol. The van der Waals surface area contributed by atoms with Crippen molar-refractivity contribution in [2.24, 2.45) is 5.92 Å². The summed E-state index contributed by atoms with van der Waals surface area (Å²) in [5.74, 6) is 2.86. The molecule has 8 nitrogen and oxygen atoms in total. The number of aliphatic hydroxyl groups excluding tert-OH is 1. The van der Waals surface area contributed by atoms with Gasteiger partial charge in [-0.25, -0.2) is 14.5 Å². The average molecular weight is 379 g/mol. The number of likely N-dealkylation sites (tertiary alicyclic amines) is 2. The number of carbonyl (C=O) groups excluding carboxylic acids is 1. The highest BCUT2D eigenvalue weighted by molar-refractivity contribution is 5.73. The third-order valence-electron chi connectivity index (χ3n) is 5.88. The molecule has 27 heavy (non-hydrogen) atoms. The molecule has 0 saturated carbocycles. The quantitative estimate of drug-likeness (QED) is 0.828. The van der Waals surface area contributed by atoms with Crippen LogP contribution in [-0.4, -0.2) is 94.5 Å². The van der Waals surface area contributed by atoms with E-state index < -0.39 is 0 Å². The van der Waals surface area contributed by atoms with Crippen molar-refractivity contribution in [3.63, 3.8) is 0 Å². The molecule has 2 amide bonds. The summed E-state index contributed by atoms with van der Waals surface area (Å²) in [6.45, 7) is 4.35.